The summed E-state index contributed by atoms with van der Waals surface area (Å²) in [6.07, 6.45) is 1.10. The van der Waals surface area contributed by atoms with E-state index in [0.717, 1.165) is 19.5 Å². The Bertz CT molecular complexity index is 538. The largest absolute Gasteiger partial charge is 0.506 e. The Morgan fingerprint density at radius 2 is 2.18 bits per heavy atom. The smallest absolute Gasteiger partial charge is 0.325 e. The molecule has 0 radical (unpaired) electrons. The summed E-state index contributed by atoms with van der Waals surface area (Å²) in [5.41, 5.74) is 0.603. The Labute approximate surface area is 136 Å². The van der Waals surface area contributed by atoms with E-state index in [1.54, 1.807) is 12.1 Å². The van der Waals surface area contributed by atoms with Gasteiger partial charge in [0.05, 0.1) is 5.02 Å². The Morgan fingerprint density at radius 1 is 1.45 bits per heavy atom. The van der Waals surface area contributed by atoms with Gasteiger partial charge in [-0.2, -0.15) is 0 Å². The zero-order valence-corrected chi connectivity index (χ0v) is 13.8. The molecule has 0 spiro atoms. The maximum absolute atomic E-state index is 11.7. The molecule has 0 amide bonds. The lowest BCUT2D eigenvalue weighted by Crippen LogP contribution is -2.53. The fourth-order valence-corrected chi connectivity index (χ4v) is 3.27. The van der Waals surface area contributed by atoms with Crippen molar-refractivity contribution in [3.63, 3.8) is 0 Å². The van der Waals surface area contributed by atoms with Crippen LogP contribution in [0.3, 0.4) is 0 Å². The van der Waals surface area contributed by atoms with Gasteiger partial charge in [-0.3, -0.25) is 14.6 Å². The quantitative estimate of drug-likeness (QED) is 0.870. The molecule has 5 nitrogen and oxygen atoms in total. The van der Waals surface area contributed by atoms with Crippen molar-refractivity contribution >= 4 is 17.6 Å². The maximum atomic E-state index is 11.7. The van der Waals surface area contributed by atoms with Crippen molar-refractivity contribution in [2.24, 2.45) is 0 Å². The first-order chi connectivity index (χ1) is 10.4. The highest BCUT2D eigenvalue weighted by atomic mass is 35.5. The number of rotatable bonds is 5. The summed E-state index contributed by atoms with van der Waals surface area (Å²) in [5.74, 6) is -0.923. The van der Waals surface area contributed by atoms with E-state index in [2.05, 4.69) is 18.7 Å². The minimum atomic E-state index is -0.891. The monoisotopic (exact) mass is 326 g/mol. The molecule has 1 aliphatic heterocycles. The summed E-state index contributed by atoms with van der Waals surface area (Å²) >= 11 is 5.92. The van der Waals surface area contributed by atoms with Gasteiger partial charge in [0.25, 0.3) is 0 Å². The third-order valence-corrected chi connectivity index (χ3v) is 4.50. The van der Waals surface area contributed by atoms with Gasteiger partial charge in [0.2, 0.25) is 0 Å². The molecule has 1 aromatic rings. The topological polar surface area (TPSA) is 64.0 Å². The molecule has 0 saturated carbocycles. The van der Waals surface area contributed by atoms with Crippen molar-refractivity contribution in [1.29, 1.82) is 0 Å². The van der Waals surface area contributed by atoms with Crippen molar-refractivity contribution in [1.82, 2.24) is 9.80 Å². The van der Waals surface area contributed by atoms with E-state index in [1.807, 2.05) is 4.90 Å². The van der Waals surface area contributed by atoms with Crippen LogP contribution in [0.2, 0.25) is 5.02 Å². The zero-order chi connectivity index (χ0) is 16.3. The zero-order valence-electron chi connectivity index (χ0n) is 13.0. The molecule has 1 aliphatic rings. The molecule has 1 aromatic carbocycles. The molecular formula is C16H23ClN2O3. The predicted molar refractivity (Wildman–Crippen MR) is 86.4 cm³/mol. The number of benzene rings is 1. The van der Waals surface area contributed by atoms with Crippen LogP contribution < -0.4 is 0 Å². The highest BCUT2D eigenvalue weighted by molar-refractivity contribution is 6.32. The fourth-order valence-electron chi connectivity index (χ4n) is 3.08. The molecule has 0 aliphatic carbocycles. The van der Waals surface area contributed by atoms with E-state index in [1.165, 1.54) is 6.07 Å². The molecule has 6 heteroatoms. The minimum Gasteiger partial charge on any atom is -0.506 e. The van der Waals surface area contributed by atoms with E-state index < -0.39 is 12.0 Å². The van der Waals surface area contributed by atoms with Gasteiger partial charge in [-0.15, -0.1) is 0 Å². The van der Waals surface area contributed by atoms with E-state index >= 15 is 0 Å². The minimum absolute atomic E-state index is 0.0318. The first kappa shape index (κ1) is 17.1. The molecule has 1 fully saturated rings. The lowest BCUT2D eigenvalue weighted by Gasteiger charge is -2.42. The van der Waals surface area contributed by atoms with Crippen molar-refractivity contribution in [2.75, 3.05) is 26.2 Å². The standard InChI is InChI=1S/C16H23ClN2O3/c1-3-6-18-7-8-19(10-11(18)2)15(16(21)22)12-4-5-14(20)13(17)9-12/h4-5,9,11,15,20H,3,6-8,10H2,1-2H3,(H,21,22). The van der Waals surface area contributed by atoms with Crippen molar-refractivity contribution in [2.45, 2.75) is 32.4 Å². The van der Waals surface area contributed by atoms with Crippen LogP contribution in [0.15, 0.2) is 18.2 Å². The number of carboxylic acid groups (broad SMARTS) is 1. The summed E-state index contributed by atoms with van der Waals surface area (Å²) in [6, 6.07) is 4.21. The summed E-state index contributed by atoms with van der Waals surface area (Å²) in [4.78, 5) is 16.1. The molecular weight excluding hydrogens is 304 g/mol. The number of aromatic hydroxyl groups is 1. The maximum Gasteiger partial charge on any atom is 0.325 e. The number of halogens is 1. The van der Waals surface area contributed by atoms with Gasteiger partial charge < -0.3 is 10.2 Å². The molecule has 0 aromatic heterocycles. The molecule has 2 N–H and O–H groups in total. The first-order valence-corrected chi connectivity index (χ1v) is 8.01. The molecule has 122 valence electrons. The second-order valence-electron chi connectivity index (χ2n) is 5.83. The summed E-state index contributed by atoms with van der Waals surface area (Å²) in [5, 5.41) is 19.3. The fraction of sp³-hybridized carbons (Fsp3) is 0.562. The van der Waals surface area contributed by atoms with Gasteiger partial charge in [-0.1, -0.05) is 24.6 Å². The number of piperazine rings is 1. The SMILES string of the molecule is CCCN1CCN(C(C(=O)O)c2ccc(O)c(Cl)c2)CC1C. The highest BCUT2D eigenvalue weighted by Crippen LogP contribution is 2.30. The first-order valence-electron chi connectivity index (χ1n) is 7.63. The van der Waals surface area contributed by atoms with Crippen molar-refractivity contribution < 1.29 is 15.0 Å². The van der Waals surface area contributed by atoms with Crippen LogP contribution in [0, 0.1) is 0 Å². The number of carbonyl (C=O) groups is 1. The third-order valence-electron chi connectivity index (χ3n) is 4.19. The Kier molecular flexibility index (Phi) is 5.67. The van der Waals surface area contributed by atoms with Gasteiger partial charge in [0.1, 0.15) is 11.8 Å². The number of nitrogens with zero attached hydrogens (tertiary/aromatic N) is 2. The molecule has 2 rings (SSSR count). The predicted octanol–water partition coefficient (Wildman–Crippen LogP) is 2.59. The third kappa shape index (κ3) is 3.72. The van der Waals surface area contributed by atoms with Crippen LogP contribution in [0.4, 0.5) is 0 Å². The van der Waals surface area contributed by atoms with E-state index in [9.17, 15) is 15.0 Å². The number of hydrogen-bond acceptors (Lipinski definition) is 4. The Hall–Kier alpha value is -1.30. The van der Waals surface area contributed by atoms with Gasteiger partial charge >= 0.3 is 5.97 Å². The summed E-state index contributed by atoms with van der Waals surface area (Å²) in [6.45, 7) is 7.60. The van der Waals surface area contributed by atoms with E-state index in [0.29, 0.717) is 24.7 Å². The van der Waals surface area contributed by atoms with E-state index in [4.69, 9.17) is 11.6 Å². The second-order valence-corrected chi connectivity index (χ2v) is 6.24. The van der Waals surface area contributed by atoms with Gasteiger partial charge in [-0.25, -0.2) is 0 Å². The molecule has 22 heavy (non-hydrogen) atoms. The summed E-state index contributed by atoms with van der Waals surface area (Å²) < 4.78 is 0. The van der Waals surface area contributed by atoms with Crippen LogP contribution in [0.5, 0.6) is 5.75 Å². The molecule has 2 atom stereocenters. The average Bonchev–Trinajstić information content (AvgIpc) is 2.45. The van der Waals surface area contributed by atoms with Crippen LogP contribution in [-0.2, 0) is 4.79 Å². The number of hydrogen-bond donors (Lipinski definition) is 2. The van der Waals surface area contributed by atoms with Crippen LogP contribution in [0.25, 0.3) is 0 Å². The number of phenolic OH excluding ortho intramolecular Hbond substituents is 1. The number of carboxylic acids is 1. The normalized spacial score (nSPS) is 21.7. The lowest BCUT2D eigenvalue weighted by molar-refractivity contribution is -0.144. The Balaban J connectivity index is 2.19. The highest BCUT2D eigenvalue weighted by Gasteiger charge is 2.33. The van der Waals surface area contributed by atoms with Gasteiger partial charge in [-0.05, 0) is 37.6 Å². The molecule has 1 saturated heterocycles. The van der Waals surface area contributed by atoms with Crippen molar-refractivity contribution in [3.8, 4) is 5.75 Å². The van der Waals surface area contributed by atoms with Crippen molar-refractivity contribution in [3.05, 3.63) is 28.8 Å². The molecule has 2 unspecified atom stereocenters. The number of phenols is 1. The van der Waals surface area contributed by atoms with Gasteiger partial charge in [0.15, 0.2) is 0 Å². The molecule has 0 bridgehead atoms. The molecule has 1 heterocycles. The summed E-state index contributed by atoms with van der Waals surface area (Å²) in [7, 11) is 0. The number of aliphatic carboxylic acids is 1. The van der Waals surface area contributed by atoms with Crippen LogP contribution in [0.1, 0.15) is 31.9 Å². The van der Waals surface area contributed by atoms with E-state index in [-0.39, 0.29) is 10.8 Å². The Morgan fingerprint density at radius 3 is 2.73 bits per heavy atom. The van der Waals surface area contributed by atoms with Crippen LogP contribution >= 0.6 is 11.6 Å². The average molecular weight is 327 g/mol. The lowest BCUT2D eigenvalue weighted by atomic mass is 10.0. The van der Waals surface area contributed by atoms with Crippen LogP contribution in [-0.4, -0.2) is 58.2 Å². The van der Waals surface area contributed by atoms with Gasteiger partial charge in [0, 0.05) is 25.7 Å². The second kappa shape index (κ2) is 7.31.